The van der Waals surface area contributed by atoms with Gasteiger partial charge in [-0.2, -0.15) is 0 Å². The predicted molar refractivity (Wildman–Crippen MR) is 67.2 cm³/mol. The molecule has 0 amide bonds. The molecule has 90 valence electrons. The van der Waals surface area contributed by atoms with Crippen LogP contribution in [0.1, 0.15) is 26.3 Å². The van der Waals surface area contributed by atoms with Crippen molar-refractivity contribution in [3.8, 4) is 0 Å². The summed E-state index contributed by atoms with van der Waals surface area (Å²) in [6.07, 6.45) is -0.235. The fourth-order valence-corrected chi connectivity index (χ4v) is 1.91. The van der Waals surface area contributed by atoms with Gasteiger partial charge in [-0.1, -0.05) is 44.2 Å². The number of esters is 1. The first kappa shape index (κ1) is 11.8. The summed E-state index contributed by atoms with van der Waals surface area (Å²) in [5.74, 6) is -0.00575. The maximum absolute atomic E-state index is 11.6. The van der Waals surface area contributed by atoms with E-state index in [1.165, 1.54) is 0 Å². The Labute approximate surface area is 102 Å². The molecular weight excluding hydrogens is 214 g/mol. The van der Waals surface area contributed by atoms with E-state index in [1.807, 2.05) is 44.2 Å². The first-order valence-electron chi connectivity index (χ1n) is 5.93. The molecule has 1 heterocycles. The zero-order chi connectivity index (χ0) is 12.4. The van der Waals surface area contributed by atoms with E-state index in [-0.39, 0.29) is 18.0 Å². The Morgan fingerprint density at radius 3 is 2.47 bits per heavy atom. The lowest BCUT2D eigenvalue weighted by Crippen LogP contribution is -2.41. The van der Waals surface area contributed by atoms with Crippen molar-refractivity contribution >= 4 is 11.7 Å². The quantitative estimate of drug-likeness (QED) is 0.733. The molecule has 17 heavy (non-hydrogen) atoms. The molecule has 0 aromatic heterocycles. The molecule has 2 atom stereocenters. The van der Waals surface area contributed by atoms with Crippen LogP contribution < -0.4 is 0 Å². The molecule has 0 fully saturated rings. The molecule has 0 saturated heterocycles. The fourth-order valence-electron chi connectivity index (χ4n) is 1.91. The Morgan fingerprint density at radius 2 is 1.88 bits per heavy atom. The van der Waals surface area contributed by atoms with Crippen molar-refractivity contribution in [1.29, 1.82) is 0 Å². The standard InChI is InChI=1S/C14H17NO2/c1-9(2)13-12(11-7-5-4-6-8-11)15-10(3)14(16)17-13/h4-10,13H,1-3H3/t10-,13+/m1/s1. The second kappa shape index (κ2) is 4.70. The van der Waals surface area contributed by atoms with Gasteiger partial charge in [0.1, 0.15) is 12.1 Å². The molecule has 1 aliphatic rings. The van der Waals surface area contributed by atoms with Gasteiger partial charge in [-0.25, -0.2) is 4.79 Å². The summed E-state index contributed by atoms with van der Waals surface area (Å²) in [6.45, 7) is 5.83. The number of hydrogen-bond acceptors (Lipinski definition) is 3. The largest absolute Gasteiger partial charge is 0.454 e. The predicted octanol–water partition coefficient (Wildman–Crippen LogP) is 2.45. The van der Waals surface area contributed by atoms with Crippen LogP contribution in [-0.2, 0) is 9.53 Å². The number of cyclic esters (lactones) is 1. The van der Waals surface area contributed by atoms with Gasteiger partial charge >= 0.3 is 5.97 Å². The van der Waals surface area contributed by atoms with Crippen molar-refractivity contribution in [1.82, 2.24) is 0 Å². The SMILES string of the molecule is CC(C)[C@@H]1OC(=O)[C@@H](C)N=C1c1ccccc1. The Balaban J connectivity index is 2.41. The number of nitrogens with zero attached hydrogens (tertiary/aromatic N) is 1. The molecule has 1 aromatic rings. The van der Waals surface area contributed by atoms with Crippen molar-refractivity contribution in [2.24, 2.45) is 10.9 Å². The summed E-state index contributed by atoms with van der Waals surface area (Å²) in [5, 5.41) is 0. The molecule has 3 nitrogen and oxygen atoms in total. The lowest BCUT2D eigenvalue weighted by Gasteiger charge is -2.29. The van der Waals surface area contributed by atoms with Crippen LogP contribution in [-0.4, -0.2) is 23.8 Å². The second-order valence-electron chi connectivity index (χ2n) is 4.66. The highest BCUT2D eigenvalue weighted by molar-refractivity contribution is 6.07. The minimum atomic E-state index is -0.403. The summed E-state index contributed by atoms with van der Waals surface area (Å²) in [4.78, 5) is 16.0. The van der Waals surface area contributed by atoms with Gasteiger partial charge in [-0.3, -0.25) is 4.99 Å². The average Bonchev–Trinajstić information content (AvgIpc) is 2.33. The summed E-state index contributed by atoms with van der Waals surface area (Å²) < 4.78 is 5.46. The highest BCUT2D eigenvalue weighted by atomic mass is 16.5. The van der Waals surface area contributed by atoms with Crippen LogP contribution in [0.3, 0.4) is 0 Å². The molecule has 0 radical (unpaired) electrons. The molecule has 0 spiro atoms. The molecule has 0 unspecified atom stereocenters. The summed E-state index contributed by atoms with van der Waals surface area (Å²) >= 11 is 0. The number of aliphatic imine (C=N–C) groups is 1. The maximum atomic E-state index is 11.6. The van der Waals surface area contributed by atoms with Crippen molar-refractivity contribution in [2.45, 2.75) is 32.9 Å². The number of carbonyl (C=O) groups excluding carboxylic acids is 1. The number of carbonyl (C=O) groups is 1. The molecule has 0 saturated carbocycles. The first-order chi connectivity index (χ1) is 8.09. The van der Waals surface area contributed by atoms with Crippen LogP contribution in [0.15, 0.2) is 35.3 Å². The minimum Gasteiger partial charge on any atom is -0.454 e. The molecule has 1 aliphatic heterocycles. The average molecular weight is 231 g/mol. The van der Waals surface area contributed by atoms with Crippen molar-refractivity contribution in [3.05, 3.63) is 35.9 Å². The minimum absolute atomic E-state index is 0.227. The normalized spacial score (nSPS) is 24.5. The Bertz CT molecular complexity index is 437. The number of hydrogen-bond donors (Lipinski definition) is 0. The summed E-state index contributed by atoms with van der Waals surface area (Å²) in [5.41, 5.74) is 1.92. The first-order valence-corrected chi connectivity index (χ1v) is 5.93. The third-order valence-corrected chi connectivity index (χ3v) is 2.86. The molecule has 0 aliphatic carbocycles. The zero-order valence-corrected chi connectivity index (χ0v) is 10.4. The van der Waals surface area contributed by atoms with Crippen LogP contribution >= 0.6 is 0 Å². The van der Waals surface area contributed by atoms with Crippen LogP contribution in [0.25, 0.3) is 0 Å². The molecule has 3 heteroatoms. The second-order valence-corrected chi connectivity index (χ2v) is 4.66. The van der Waals surface area contributed by atoms with Gasteiger partial charge in [0.2, 0.25) is 0 Å². The van der Waals surface area contributed by atoms with E-state index in [2.05, 4.69) is 4.99 Å². The van der Waals surface area contributed by atoms with Crippen molar-refractivity contribution < 1.29 is 9.53 Å². The Morgan fingerprint density at radius 1 is 1.24 bits per heavy atom. The lowest BCUT2D eigenvalue weighted by atomic mass is 9.95. The van der Waals surface area contributed by atoms with E-state index in [4.69, 9.17) is 4.74 Å². The molecule has 1 aromatic carbocycles. The van der Waals surface area contributed by atoms with E-state index >= 15 is 0 Å². The van der Waals surface area contributed by atoms with Crippen LogP contribution in [0, 0.1) is 5.92 Å². The monoisotopic (exact) mass is 231 g/mol. The van der Waals surface area contributed by atoms with Crippen LogP contribution in [0.2, 0.25) is 0 Å². The van der Waals surface area contributed by atoms with Gasteiger partial charge in [-0.15, -0.1) is 0 Å². The lowest BCUT2D eigenvalue weighted by molar-refractivity contribution is -0.149. The van der Waals surface area contributed by atoms with Gasteiger partial charge < -0.3 is 4.74 Å². The fraction of sp³-hybridized carbons (Fsp3) is 0.429. The van der Waals surface area contributed by atoms with Gasteiger partial charge in [0.05, 0.1) is 5.71 Å². The Kier molecular flexibility index (Phi) is 3.27. The van der Waals surface area contributed by atoms with Gasteiger partial charge in [0, 0.05) is 0 Å². The van der Waals surface area contributed by atoms with E-state index < -0.39 is 6.04 Å². The number of ether oxygens (including phenoxy) is 1. The van der Waals surface area contributed by atoms with E-state index in [0.717, 1.165) is 11.3 Å². The van der Waals surface area contributed by atoms with E-state index in [9.17, 15) is 4.79 Å². The Hall–Kier alpha value is -1.64. The highest BCUT2D eigenvalue weighted by Gasteiger charge is 2.32. The van der Waals surface area contributed by atoms with Crippen molar-refractivity contribution in [2.75, 3.05) is 0 Å². The topological polar surface area (TPSA) is 38.7 Å². The summed E-state index contributed by atoms with van der Waals surface area (Å²) in [6, 6.07) is 9.50. The smallest absolute Gasteiger partial charge is 0.331 e. The molecule has 0 N–H and O–H groups in total. The van der Waals surface area contributed by atoms with Crippen LogP contribution in [0.5, 0.6) is 0 Å². The summed E-state index contributed by atoms with van der Waals surface area (Å²) in [7, 11) is 0. The number of benzene rings is 1. The highest BCUT2D eigenvalue weighted by Crippen LogP contribution is 2.21. The van der Waals surface area contributed by atoms with E-state index in [0.29, 0.717) is 0 Å². The number of rotatable bonds is 2. The third kappa shape index (κ3) is 2.38. The van der Waals surface area contributed by atoms with E-state index in [1.54, 1.807) is 6.92 Å². The third-order valence-electron chi connectivity index (χ3n) is 2.86. The van der Waals surface area contributed by atoms with Gasteiger partial charge in [0.15, 0.2) is 0 Å². The maximum Gasteiger partial charge on any atom is 0.331 e. The van der Waals surface area contributed by atoms with Crippen molar-refractivity contribution in [3.63, 3.8) is 0 Å². The molecule has 0 bridgehead atoms. The van der Waals surface area contributed by atoms with Gasteiger partial charge in [0.25, 0.3) is 0 Å². The molecular formula is C14H17NO2. The zero-order valence-electron chi connectivity index (χ0n) is 10.4. The molecule has 2 rings (SSSR count). The van der Waals surface area contributed by atoms with Crippen LogP contribution in [0.4, 0.5) is 0 Å². The van der Waals surface area contributed by atoms with Gasteiger partial charge in [-0.05, 0) is 18.4 Å².